The van der Waals surface area contributed by atoms with Gasteiger partial charge in [-0.15, -0.1) is 11.3 Å². The molecule has 0 aliphatic carbocycles. The number of nitrogens with zero attached hydrogens (tertiary/aromatic N) is 2. The van der Waals surface area contributed by atoms with Gasteiger partial charge in [0.2, 0.25) is 0 Å². The van der Waals surface area contributed by atoms with Gasteiger partial charge in [-0.1, -0.05) is 38.1 Å². The van der Waals surface area contributed by atoms with E-state index in [-0.39, 0.29) is 28.5 Å². The fourth-order valence-corrected chi connectivity index (χ4v) is 5.22. The third-order valence-corrected chi connectivity index (χ3v) is 7.24. The van der Waals surface area contributed by atoms with Crippen molar-refractivity contribution in [2.24, 2.45) is 0 Å². The normalized spacial score (nSPS) is 11.6. The molecule has 0 bridgehead atoms. The molecule has 0 fully saturated rings. The van der Waals surface area contributed by atoms with E-state index in [1.54, 1.807) is 23.6 Å². The minimum atomic E-state index is -5.02. The molecule has 2 aromatic heterocycles. The number of hydrogen-bond donors (Lipinski definition) is 1. The number of alkyl halides is 3. The summed E-state index contributed by atoms with van der Waals surface area (Å²) in [6.07, 6.45) is -5.24. The second-order valence-electron chi connectivity index (χ2n) is 9.44. The molecule has 40 heavy (non-hydrogen) atoms. The molecule has 0 saturated heterocycles. The Morgan fingerprint density at radius 3 is 2.40 bits per heavy atom. The highest BCUT2D eigenvalue weighted by Crippen LogP contribution is 2.38. The van der Waals surface area contributed by atoms with E-state index in [1.807, 2.05) is 19.9 Å². The lowest BCUT2D eigenvalue weighted by Crippen LogP contribution is -2.28. The number of nitriles is 1. The van der Waals surface area contributed by atoms with Crippen molar-refractivity contribution >= 4 is 17.3 Å². The number of aromatic nitrogens is 1. The number of carboxylic acids is 1. The van der Waals surface area contributed by atoms with Crippen molar-refractivity contribution < 1.29 is 31.9 Å². The van der Waals surface area contributed by atoms with Crippen LogP contribution in [0.1, 0.15) is 47.6 Å². The van der Waals surface area contributed by atoms with E-state index >= 15 is 0 Å². The van der Waals surface area contributed by atoms with Gasteiger partial charge in [-0.05, 0) is 51.8 Å². The minimum Gasteiger partial charge on any atom is -0.481 e. The van der Waals surface area contributed by atoms with Crippen LogP contribution in [0.15, 0.2) is 58.7 Å². The van der Waals surface area contributed by atoms with Crippen LogP contribution in [-0.4, -0.2) is 15.6 Å². The van der Waals surface area contributed by atoms with Crippen LogP contribution in [0.3, 0.4) is 0 Å². The topological polar surface area (TPSA) is 83.1 Å². The molecule has 11 heteroatoms. The predicted molar refractivity (Wildman–Crippen MR) is 140 cm³/mol. The summed E-state index contributed by atoms with van der Waals surface area (Å²) in [5.74, 6) is -2.83. The zero-order valence-electron chi connectivity index (χ0n) is 21.1. The lowest BCUT2D eigenvalue weighted by molar-refractivity contribution is -0.138. The van der Waals surface area contributed by atoms with E-state index < -0.39 is 47.0 Å². The van der Waals surface area contributed by atoms with Gasteiger partial charge in [0.25, 0.3) is 5.56 Å². The third-order valence-electron chi connectivity index (χ3n) is 6.28. The van der Waals surface area contributed by atoms with E-state index in [1.165, 1.54) is 6.07 Å². The number of thiophene rings is 1. The smallest absolute Gasteiger partial charge is 0.417 e. The van der Waals surface area contributed by atoms with Crippen LogP contribution in [0.2, 0.25) is 0 Å². The Morgan fingerprint density at radius 1 is 1.07 bits per heavy atom. The summed E-state index contributed by atoms with van der Waals surface area (Å²) in [5, 5.41) is 20.3. The number of aliphatic carboxylic acids is 1. The number of carboxylic acid groups (broad SMARTS) is 1. The lowest BCUT2D eigenvalue weighted by atomic mass is 9.94. The predicted octanol–water partition coefficient (Wildman–Crippen LogP) is 7.21. The lowest BCUT2D eigenvalue weighted by Gasteiger charge is -2.17. The number of rotatable bonds is 7. The Balaban J connectivity index is 1.92. The quantitative estimate of drug-likeness (QED) is 0.237. The molecule has 0 atom stereocenters. The molecular formula is C29H21F5N2O3S. The van der Waals surface area contributed by atoms with Gasteiger partial charge in [-0.3, -0.25) is 9.59 Å². The molecule has 2 heterocycles. The van der Waals surface area contributed by atoms with Gasteiger partial charge in [0.1, 0.15) is 23.3 Å². The van der Waals surface area contributed by atoms with E-state index in [2.05, 4.69) is 0 Å². The van der Waals surface area contributed by atoms with Gasteiger partial charge in [-0.2, -0.15) is 18.4 Å². The maximum absolute atomic E-state index is 14.5. The average Bonchev–Trinajstić information content (AvgIpc) is 3.35. The van der Waals surface area contributed by atoms with Gasteiger partial charge >= 0.3 is 12.1 Å². The van der Waals surface area contributed by atoms with Crippen molar-refractivity contribution in [1.29, 1.82) is 5.26 Å². The minimum absolute atomic E-state index is 0.0641. The first-order chi connectivity index (χ1) is 18.8. The molecule has 0 aliphatic rings. The molecule has 1 N–H and O–H groups in total. The molecule has 4 aromatic rings. The molecule has 2 aromatic carbocycles. The zero-order chi connectivity index (χ0) is 29.4. The summed E-state index contributed by atoms with van der Waals surface area (Å²) in [6.45, 7) is 3.32. The summed E-state index contributed by atoms with van der Waals surface area (Å²) in [6, 6.07) is 11.5. The molecule has 206 valence electrons. The zero-order valence-corrected chi connectivity index (χ0v) is 22.0. The van der Waals surface area contributed by atoms with Crippen molar-refractivity contribution in [3.05, 3.63) is 104 Å². The van der Waals surface area contributed by atoms with Crippen LogP contribution in [-0.2, 0) is 23.9 Å². The summed E-state index contributed by atoms with van der Waals surface area (Å²) < 4.78 is 70.4. The van der Waals surface area contributed by atoms with Crippen LogP contribution in [0.25, 0.3) is 21.7 Å². The Labute approximate surface area is 229 Å². The van der Waals surface area contributed by atoms with Gasteiger partial charge in [-0.25, -0.2) is 8.78 Å². The molecule has 5 nitrogen and oxygen atoms in total. The molecule has 0 spiro atoms. The second-order valence-corrected chi connectivity index (χ2v) is 10.4. The standard InChI is InChI=1S/C29H21F5N2O3S/c1-15(2)18-5-16(7-27(37)38)6-19(8-18)20-9-26(40-14-20)25-11-23(29(32,33)34)22(12-35)28(39)36(25)13-17-3-4-21(30)10-24(17)31/h3-6,8-11,14-15H,7,13H2,1-2H3,(H,37,38). The maximum Gasteiger partial charge on any atom is 0.417 e. The third kappa shape index (κ3) is 5.97. The molecule has 0 amide bonds. The monoisotopic (exact) mass is 572 g/mol. The number of carbonyl (C=O) groups is 1. The van der Waals surface area contributed by atoms with Crippen molar-refractivity contribution in [3.8, 4) is 27.8 Å². The number of pyridine rings is 1. The summed E-state index contributed by atoms with van der Waals surface area (Å²) in [5.41, 5.74) is -1.59. The highest BCUT2D eigenvalue weighted by atomic mass is 32.1. The van der Waals surface area contributed by atoms with Crippen LogP contribution >= 0.6 is 11.3 Å². The van der Waals surface area contributed by atoms with E-state index in [0.29, 0.717) is 28.8 Å². The summed E-state index contributed by atoms with van der Waals surface area (Å²) in [7, 11) is 0. The van der Waals surface area contributed by atoms with Gasteiger partial charge in [0.15, 0.2) is 0 Å². The number of hydrogen-bond acceptors (Lipinski definition) is 4. The maximum atomic E-state index is 14.5. The number of halogens is 5. The Bertz CT molecular complexity index is 1710. The van der Waals surface area contributed by atoms with Crippen LogP contribution in [0, 0.1) is 23.0 Å². The Hall–Kier alpha value is -4.30. The highest BCUT2D eigenvalue weighted by Gasteiger charge is 2.37. The van der Waals surface area contributed by atoms with Crippen LogP contribution in [0.4, 0.5) is 22.0 Å². The fourth-order valence-electron chi connectivity index (χ4n) is 4.28. The van der Waals surface area contributed by atoms with Gasteiger partial charge in [0.05, 0.1) is 29.1 Å². The molecule has 0 unspecified atom stereocenters. The van der Waals surface area contributed by atoms with Crippen molar-refractivity contribution in [3.63, 3.8) is 0 Å². The second kappa shape index (κ2) is 11.1. The van der Waals surface area contributed by atoms with Crippen molar-refractivity contribution in [2.75, 3.05) is 0 Å². The SMILES string of the molecule is CC(C)c1cc(CC(=O)O)cc(-c2csc(-c3cc(C(F)(F)F)c(C#N)c(=O)n3Cc3ccc(F)cc3F)c2)c1. The van der Waals surface area contributed by atoms with Crippen molar-refractivity contribution in [2.45, 2.75) is 38.9 Å². The number of benzene rings is 2. The largest absolute Gasteiger partial charge is 0.481 e. The van der Waals surface area contributed by atoms with E-state index in [9.17, 15) is 41.9 Å². The van der Waals surface area contributed by atoms with E-state index in [0.717, 1.165) is 33.6 Å². The first kappa shape index (κ1) is 28.7. The van der Waals surface area contributed by atoms with Gasteiger partial charge in [0, 0.05) is 11.6 Å². The Morgan fingerprint density at radius 2 is 1.80 bits per heavy atom. The first-order valence-corrected chi connectivity index (χ1v) is 12.8. The Kier molecular flexibility index (Phi) is 7.93. The fraction of sp³-hybridized carbons (Fsp3) is 0.207. The first-order valence-electron chi connectivity index (χ1n) is 11.9. The average molecular weight is 573 g/mol. The van der Waals surface area contributed by atoms with Crippen LogP contribution in [0.5, 0.6) is 0 Å². The highest BCUT2D eigenvalue weighted by molar-refractivity contribution is 7.14. The molecule has 0 aliphatic heterocycles. The molecular weight excluding hydrogens is 551 g/mol. The van der Waals surface area contributed by atoms with Crippen LogP contribution < -0.4 is 5.56 Å². The summed E-state index contributed by atoms with van der Waals surface area (Å²) >= 11 is 1.02. The van der Waals surface area contributed by atoms with Gasteiger partial charge < -0.3 is 9.67 Å². The van der Waals surface area contributed by atoms with Crippen molar-refractivity contribution in [1.82, 2.24) is 4.57 Å². The molecule has 0 radical (unpaired) electrons. The van der Waals surface area contributed by atoms with E-state index in [4.69, 9.17) is 0 Å². The molecule has 4 rings (SSSR count). The summed E-state index contributed by atoms with van der Waals surface area (Å²) in [4.78, 5) is 24.7. The molecule has 0 saturated carbocycles.